The van der Waals surface area contributed by atoms with Crippen LogP contribution in [0.3, 0.4) is 0 Å². The van der Waals surface area contributed by atoms with E-state index in [9.17, 15) is 9.59 Å². The second-order valence-corrected chi connectivity index (χ2v) is 7.00. The molecule has 2 amide bonds. The lowest BCUT2D eigenvalue weighted by Crippen LogP contribution is -2.36. The predicted octanol–water partition coefficient (Wildman–Crippen LogP) is 4.12. The molecule has 0 aliphatic carbocycles. The Morgan fingerprint density at radius 1 is 0.962 bits per heavy atom. The molecule has 0 radical (unpaired) electrons. The standard InChI is InChI=1S/C19H21Cl2N3O2/c1-12-5-4-6-13(2)19(12)23-18(26)11-24(3)10-17(25)22-16-9-14(20)7-8-15(16)21/h4-9H,10-11H2,1-3H3,(H,22,25)(H,23,26). The molecule has 0 atom stereocenters. The molecule has 0 aliphatic heterocycles. The maximum Gasteiger partial charge on any atom is 0.238 e. The average molecular weight is 394 g/mol. The van der Waals surface area contributed by atoms with Crippen molar-refractivity contribution in [2.24, 2.45) is 0 Å². The number of amides is 2. The molecule has 0 unspecified atom stereocenters. The molecule has 0 fully saturated rings. The van der Waals surface area contributed by atoms with Crippen LogP contribution in [0.4, 0.5) is 11.4 Å². The summed E-state index contributed by atoms with van der Waals surface area (Å²) in [5.74, 6) is -0.463. The molecule has 5 nitrogen and oxygen atoms in total. The highest BCUT2D eigenvalue weighted by atomic mass is 35.5. The van der Waals surface area contributed by atoms with E-state index >= 15 is 0 Å². The van der Waals surface area contributed by atoms with Crippen LogP contribution in [0.25, 0.3) is 0 Å². The Morgan fingerprint density at radius 2 is 1.54 bits per heavy atom. The number of halogens is 2. The van der Waals surface area contributed by atoms with Gasteiger partial charge in [-0.15, -0.1) is 0 Å². The lowest BCUT2D eigenvalue weighted by atomic mass is 10.1. The topological polar surface area (TPSA) is 61.4 Å². The van der Waals surface area contributed by atoms with Gasteiger partial charge in [-0.25, -0.2) is 0 Å². The predicted molar refractivity (Wildman–Crippen MR) is 107 cm³/mol. The maximum atomic E-state index is 12.2. The molecule has 2 aromatic rings. The second kappa shape index (κ2) is 9.03. The zero-order valence-electron chi connectivity index (χ0n) is 14.9. The van der Waals surface area contributed by atoms with Gasteiger partial charge in [0.2, 0.25) is 11.8 Å². The van der Waals surface area contributed by atoms with E-state index in [1.165, 1.54) is 0 Å². The minimum Gasteiger partial charge on any atom is -0.324 e. The fourth-order valence-electron chi connectivity index (χ4n) is 2.52. The Kier molecular flexibility index (Phi) is 7.03. The third kappa shape index (κ3) is 5.73. The summed E-state index contributed by atoms with van der Waals surface area (Å²) in [6.07, 6.45) is 0. The van der Waals surface area contributed by atoms with Crippen molar-refractivity contribution in [3.8, 4) is 0 Å². The minimum atomic E-state index is -0.281. The van der Waals surface area contributed by atoms with E-state index in [2.05, 4.69) is 10.6 Å². The van der Waals surface area contributed by atoms with Crippen molar-refractivity contribution in [1.29, 1.82) is 0 Å². The van der Waals surface area contributed by atoms with Crippen LogP contribution in [0.5, 0.6) is 0 Å². The molecule has 26 heavy (non-hydrogen) atoms. The minimum absolute atomic E-state index is 0.0447. The summed E-state index contributed by atoms with van der Waals surface area (Å²) < 4.78 is 0. The van der Waals surface area contributed by atoms with Crippen molar-refractivity contribution in [1.82, 2.24) is 4.90 Å². The summed E-state index contributed by atoms with van der Waals surface area (Å²) in [6.45, 7) is 4.01. The van der Waals surface area contributed by atoms with Crippen LogP contribution in [-0.4, -0.2) is 36.9 Å². The van der Waals surface area contributed by atoms with Crippen LogP contribution in [0.15, 0.2) is 36.4 Å². The van der Waals surface area contributed by atoms with E-state index in [4.69, 9.17) is 23.2 Å². The monoisotopic (exact) mass is 393 g/mol. The van der Waals surface area contributed by atoms with Gasteiger partial charge in [0, 0.05) is 10.7 Å². The normalized spacial score (nSPS) is 10.7. The number of benzene rings is 2. The van der Waals surface area contributed by atoms with Crippen LogP contribution in [0, 0.1) is 13.8 Å². The van der Waals surface area contributed by atoms with Gasteiger partial charge in [-0.3, -0.25) is 14.5 Å². The SMILES string of the molecule is Cc1cccc(C)c1NC(=O)CN(C)CC(=O)Nc1cc(Cl)ccc1Cl. The van der Waals surface area contributed by atoms with Crippen molar-refractivity contribution in [3.05, 3.63) is 57.6 Å². The van der Waals surface area contributed by atoms with Crippen LogP contribution in [0.1, 0.15) is 11.1 Å². The Labute approximate surface area is 163 Å². The summed E-state index contributed by atoms with van der Waals surface area (Å²) in [5, 5.41) is 6.47. The molecule has 2 N–H and O–H groups in total. The second-order valence-electron chi connectivity index (χ2n) is 6.16. The van der Waals surface area contributed by atoms with Gasteiger partial charge in [-0.05, 0) is 50.2 Å². The number of para-hydroxylation sites is 1. The lowest BCUT2D eigenvalue weighted by molar-refractivity contribution is -0.119. The molecule has 2 rings (SSSR count). The summed E-state index contributed by atoms with van der Waals surface area (Å²) in [6, 6.07) is 10.7. The third-order valence-corrected chi connectivity index (χ3v) is 4.34. The summed E-state index contributed by atoms with van der Waals surface area (Å²) in [4.78, 5) is 26.0. The molecule has 0 saturated carbocycles. The van der Waals surface area contributed by atoms with E-state index < -0.39 is 0 Å². The van der Waals surface area contributed by atoms with E-state index in [1.807, 2.05) is 32.0 Å². The quantitative estimate of drug-likeness (QED) is 0.775. The van der Waals surface area contributed by atoms with Crippen molar-refractivity contribution < 1.29 is 9.59 Å². The Hall–Kier alpha value is -2.08. The van der Waals surface area contributed by atoms with Gasteiger partial charge in [-0.2, -0.15) is 0 Å². The number of carbonyl (C=O) groups is 2. The molecule has 0 aromatic heterocycles. The first-order chi connectivity index (χ1) is 12.3. The highest BCUT2D eigenvalue weighted by Gasteiger charge is 2.14. The third-order valence-electron chi connectivity index (χ3n) is 3.78. The summed E-state index contributed by atoms with van der Waals surface area (Å²) in [7, 11) is 1.70. The summed E-state index contributed by atoms with van der Waals surface area (Å²) >= 11 is 11.9. The zero-order valence-corrected chi connectivity index (χ0v) is 16.4. The number of rotatable bonds is 6. The van der Waals surface area contributed by atoms with Gasteiger partial charge in [0.05, 0.1) is 23.8 Å². The van der Waals surface area contributed by atoms with Crippen LogP contribution in [0.2, 0.25) is 10.0 Å². The molecule has 0 spiro atoms. The average Bonchev–Trinajstić information content (AvgIpc) is 2.54. The molecular formula is C19H21Cl2N3O2. The number of nitrogens with zero attached hydrogens (tertiary/aromatic N) is 1. The lowest BCUT2D eigenvalue weighted by Gasteiger charge is -2.17. The van der Waals surface area contributed by atoms with Gasteiger partial charge in [0.1, 0.15) is 0 Å². The van der Waals surface area contributed by atoms with Crippen molar-refractivity contribution in [3.63, 3.8) is 0 Å². The number of carbonyl (C=O) groups excluding carboxylic acids is 2. The molecule has 7 heteroatoms. The van der Waals surface area contributed by atoms with Gasteiger partial charge in [-0.1, -0.05) is 41.4 Å². The molecule has 0 heterocycles. The largest absolute Gasteiger partial charge is 0.324 e. The van der Waals surface area contributed by atoms with E-state index in [-0.39, 0.29) is 24.9 Å². The molecule has 0 aliphatic rings. The highest BCUT2D eigenvalue weighted by Crippen LogP contribution is 2.25. The zero-order chi connectivity index (χ0) is 19.3. The first-order valence-corrected chi connectivity index (χ1v) is 8.81. The highest BCUT2D eigenvalue weighted by molar-refractivity contribution is 6.35. The van der Waals surface area contributed by atoms with Gasteiger partial charge >= 0.3 is 0 Å². The van der Waals surface area contributed by atoms with Crippen LogP contribution < -0.4 is 10.6 Å². The van der Waals surface area contributed by atoms with Crippen molar-refractivity contribution in [2.45, 2.75) is 13.8 Å². The van der Waals surface area contributed by atoms with E-state index in [0.717, 1.165) is 16.8 Å². The molecule has 0 saturated heterocycles. The number of nitrogens with one attached hydrogen (secondary N) is 2. The Bertz CT molecular complexity index is 804. The first kappa shape index (κ1) is 20.2. The summed E-state index contributed by atoms with van der Waals surface area (Å²) in [5.41, 5.74) is 3.24. The maximum absolute atomic E-state index is 12.2. The number of aryl methyl sites for hydroxylation is 2. The fraction of sp³-hybridized carbons (Fsp3) is 0.263. The number of likely N-dealkylation sites (N-methyl/N-ethyl adjacent to an activating group) is 1. The fourth-order valence-corrected chi connectivity index (χ4v) is 2.86. The molecule has 2 aromatic carbocycles. The smallest absolute Gasteiger partial charge is 0.238 e. The van der Waals surface area contributed by atoms with E-state index in [1.54, 1.807) is 30.1 Å². The van der Waals surface area contributed by atoms with E-state index in [0.29, 0.717) is 15.7 Å². The van der Waals surface area contributed by atoms with Gasteiger partial charge in [0.15, 0.2) is 0 Å². The van der Waals surface area contributed by atoms with Crippen LogP contribution in [-0.2, 0) is 9.59 Å². The Morgan fingerprint density at radius 3 is 2.15 bits per heavy atom. The van der Waals surface area contributed by atoms with Crippen LogP contribution >= 0.6 is 23.2 Å². The molecular weight excluding hydrogens is 373 g/mol. The van der Waals surface area contributed by atoms with Gasteiger partial charge in [0.25, 0.3) is 0 Å². The molecule has 0 bridgehead atoms. The number of hydrogen-bond acceptors (Lipinski definition) is 3. The molecule has 138 valence electrons. The first-order valence-electron chi connectivity index (χ1n) is 8.06. The van der Waals surface area contributed by atoms with Gasteiger partial charge < -0.3 is 10.6 Å². The Balaban J connectivity index is 1.89. The number of hydrogen-bond donors (Lipinski definition) is 2. The van der Waals surface area contributed by atoms with Crippen molar-refractivity contribution >= 4 is 46.4 Å². The van der Waals surface area contributed by atoms with Crippen molar-refractivity contribution in [2.75, 3.05) is 30.8 Å². The number of anilines is 2.